The molecule has 1 aromatic heterocycles. The van der Waals surface area contributed by atoms with E-state index in [-0.39, 0.29) is 5.54 Å². The highest BCUT2D eigenvalue weighted by atomic mass is 16.5. The van der Waals surface area contributed by atoms with Crippen LogP contribution in [0.1, 0.15) is 25.3 Å². The topological polar surface area (TPSA) is 41.7 Å². The Morgan fingerprint density at radius 3 is 2.42 bits per heavy atom. The fourth-order valence-corrected chi connectivity index (χ4v) is 2.79. The third kappa shape index (κ3) is 3.16. The number of aromatic nitrogens is 1. The van der Waals surface area contributed by atoms with Crippen LogP contribution in [0, 0.1) is 0 Å². The molecular weight excluding hydrogens is 242 g/mol. The van der Waals surface area contributed by atoms with E-state index in [0.717, 1.165) is 50.7 Å². The standard InChI is InChI=1S/C14H25N3O2/c1-5-17(6-2)14(10-18-11-14)8-12-7-13(19-15-12)9-16(3)4/h7H,5-6,8-11H2,1-4H3. The third-order valence-corrected chi connectivity index (χ3v) is 3.77. The number of nitrogens with zero attached hydrogens (tertiary/aromatic N) is 3. The first-order valence-corrected chi connectivity index (χ1v) is 7.01. The Balaban J connectivity index is 2.04. The Kier molecular flexibility index (Phi) is 4.60. The van der Waals surface area contributed by atoms with E-state index in [0.29, 0.717) is 0 Å². The first kappa shape index (κ1) is 14.5. The van der Waals surface area contributed by atoms with Gasteiger partial charge < -0.3 is 14.2 Å². The molecule has 1 saturated heterocycles. The molecule has 0 radical (unpaired) electrons. The van der Waals surface area contributed by atoms with Gasteiger partial charge in [0.15, 0.2) is 5.76 Å². The van der Waals surface area contributed by atoms with Crippen LogP contribution in [0.2, 0.25) is 0 Å². The second-order valence-corrected chi connectivity index (χ2v) is 5.59. The van der Waals surface area contributed by atoms with Crippen molar-refractivity contribution in [2.24, 2.45) is 0 Å². The summed E-state index contributed by atoms with van der Waals surface area (Å²) in [6, 6.07) is 2.07. The van der Waals surface area contributed by atoms with Gasteiger partial charge in [-0.05, 0) is 27.2 Å². The van der Waals surface area contributed by atoms with Crippen molar-refractivity contribution >= 4 is 0 Å². The van der Waals surface area contributed by atoms with Crippen molar-refractivity contribution in [2.75, 3.05) is 40.4 Å². The Morgan fingerprint density at radius 2 is 1.95 bits per heavy atom. The molecule has 5 heteroatoms. The van der Waals surface area contributed by atoms with Gasteiger partial charge in [-0.1, -0.05) is 19.0 Å². The molecule has 0 atom stereocenters. The molecule has 0 unspecified atom stereocenters. The summed E-state index contributed by atoms with van der Waals surface area (Å²) in [5, 5.41) is 4.20. The minimum absolute atomic E-state index is 0.121. The Bertz CT molecular complexity index is 395. The summed E-state index contributed by atoms with van der Waals surface area (Å²) in [7, 11) is 4.05. The maximum Gasteiger partial charge on any atom is 0.150 e. The lowest BCUT2D eigenvalue weighted by molar-refractivity contribution is -0.138. The normalized spacial score (nSPS) is 18.0. The molecule has 1 aromatic rings. The van der Waals surface area contributed by atoms with Gasteiger partial charge in [-0.25, -0.2) is 0 Å². The van der Waals surface area contributed by atoms with Crippen LogP contribution in [0.3, 0.4) is 0 Å². The number of hydrogen-bond donors (Lipinski definition) is 0. The summed E-state index contributed by atoms with van der Waals surface area (Å²) < 4.78 is 10.8. The van der Waals surface area contributed by atoms with Gasteiger partial charge >= 0.3 is 0 Å². The van der Waals surface area contributed by atoms with E-state index in [1.807, 2.05) is 14.1 Å². The van der Waals surface area contributed by atoms with Crippen molar-refractivity contribution in [1.29, 1.82) is 0 Å². The SMILES string of the molecule is CCN(CC)C1(Cc2cc(CN(C)C)on2)COC1. The average Bonchev–Trinajstić information content (AvgIpc) is 2.73. The van der Waals surface area contributed by atoms with Crippen molar-refractivity contribution in [2.45, 2.75) is 32.4 Å². The van der Waals surface area contributed by atoms with Crippen molar-refractivity contribution in [1.82, 2.24) is 15.0 Å². The predicted octanol–water partition coefficient (Wildman–Crippen LogP) is 1.39. The molecule has 1 aliphatic rings. The van der Waals surface area contributed by atoms with E-state index >= 15 is 0 Å². The smallest absolute Gasteiger partial charge is 0.150 e. The molecule has 2 heterocycles. The predicted molar refractivity (Wildman–Crippen MR) is 74.1 cm³/mol. The van der Waals surface area contributed by atoms with Crippen LogP contribution < -0.4 is 0 Å². The van der Waals surface area contributed by atoms with E-state index in [2.05, 4.69) is 34.9 Å². The molecule has 0 bridgehead atoms. The molecule has 5 nitrogen and oxygen atoms in total. The number of likely N-dealkylation sites (N-methyl/N-ethyl adjacent to an activating group) is 1. The molecule has 0 saturated carbocycles. The molecule has 19 heavy (non-hydrogen) atoms. The zero-order valence-corrected chi connectivity index (χ0v) is 12.5. The summed E-state index contributed by atoms with van der Waals surface area (Å²) >= 11 is 0. The van der Waals surface area contributed by atoms with Crippen LogP contribution in [-0.4, -0.2) is 60.9 Å². The van der Waals surface area contributed by atoms with Gasteiger partial charge in [0, 0.05) is 12.5 Å². The fraction of sp³-hybridized carbons (Fsp3) is 0.786. The zero-order valence-electron chi connectivity index (χ0n) is 12.5. The lowest BCUT2D eigenvalue weighted by Gasteiger charge is -2.49. The summed E-state index contributed by atoms with van der Waals surface area (Å²) in [4.78, 5) is 4.55. The molecule has 108 valence electrons. The van der Waals surface area contributed by atoms with Crippen LogP contribution in [0.25, 0.3) is 0 Å². The van der Waals surface area contributed by atoms with Crippen molar-refractivity contribution < 1.29 is 9.26 Å². The van der Waals surface area contributed by atoms with Crippen LogP contribution in [0.15, 0.2) is 10.6 Å². The summed E-state index contributed by atoms with van der Waals surface area (Å²) in [5.41, 5.74) is 1.16. The number of ether oxygens (including phenoxy) is 1. The minimum Gasteiger partial charge on any atom is -0.377 e. The average molecular weight is 267 g/mol. The van der Waals surface area contributed by atoms with E-state index in [1.54, 1.807) is 0 Å². The second-order valence-electron chi connectivity index (χ2n) is 5.59. The third-order valence-electron chi connectivity index (χ3n) is 3.77. The van der Waals surface area contributed by atoms with Gasteiger partial charge in [0.25, 0.3) is 0 Å². The fourth-order valence-electron chi connectivity index (χ4n) is 2.79. The van der Waals surface area contributed by atoms with E-state index < -0.39 is 0 Å². The first-order chi connectivity index (χ1) is 9.09. The van der Waals surface area contributed by atoms with Gasteiger partial charge in [-0.15, -0.1) is 0 Å². The van der Waals surface area contributed by atoms with Gasteiger partial charge in [0.2, 0.25) is 0 Å². The van der Waals surface area contributed by atoms with Crippen molar-refractivity contribution in [3.63, 3.8) is 0 Å². The van der Waals surface area contributed by atoms with E-state index in [1.165, 1.54) is 0 Å². The summed E-state index contributed by atoms with van der Waals surface area (Å²) in [6.45, 7) is 8.87. The quantitative estimate of drug-likeness (QED) is 0.747. The van der Waals surface area contributed by atoms with Crippen LogP contribution in [-0.2, 0) is 17.7 Å². The van der Waals surface area contributed by atoms with E-state index in [4.69, 9.17) is 9.26 Å². The number of rotatable bonds is 7. The largest absolute Gasteiger partial charge is 0.377 e. The van der Waals surface area contributed by atoms with Crippen LogP contribution in [0.5, 0.6) is 0 Å². The Morgan fingerprint density at radius 1 is 1.26 bits per heavy atom. The maximum atomic E-state index is 5.46. The van der Waals surface area contributed by atoms with Gasteiger partial charge in [-0.3, -0.25) is 4.90 Å². The highest BCUT2D eigenvalue weighted by molar-refractivity contribution is 5.12. The number of hydrogen-bond acceptors (Lipinski definition) is 5. The molecule has 0 spiro atoms. The lowest BCUT2D eigenvalue weighted by atomic mass is 9.89. The molecule has 0 aromatic carbocycles. The first-order valence-electron chi connectivity index (χ1n) is 7.01. The van der Waals surface area contributed by atoms with E-state index in [9.17, 15) is 0 Å². The highest BCUT2D eigenvalue weighted by Crippen LogP contribution is 2.29. The molecule has 2 rings (SSSR count). The lowest BCUT2D eigenvalue weighted by Crippen LogP contribution is -2.63. The maximum absolute atomic E-state index is 5.46. The minimum atomic E-state index is 0.121. The van der Waals surface area contributed by atoms with Crippen LogP contribution in [0.4, 0.5) is 0 Å². The highest BCUT2D eigenvalue weighted by Gasteiger charge is 2.43. The van der Waals surface area contributed by atoms with Gasteiger partial charge in [-0.2, -0.15) is 0 Å². The zero-order chi connectivity index (χ0) is 13.9. The summed E-state index contributed by atoms with van der Waals surface area (Å²) in [6.07, 6.45) is 0.908. The van der Waals surface area contributed by atoms with Crippen LogP contribution >= 0.6 is 0 Å². The molecule has 0 aliphatic carbocycles. The van der Waals surface area contributed by atoms with Crippen molar-refractivity contribution in [3.05, 3.63) is 17.5 Å². The molecule has 0 N–H and O–H groups in total. The molecule has 0 amide bonds. The molecule has 1 aliphatic heterocycles. The second kappa shape index (κ2) is 6.03. The molecular formula is C14H25N3O2. The Hall–Kier alpha value is -0.910. The van der Waals surface area contributed by atoms with Gasteiger partial charge in [0.1, 0.15) is 0 Å². The summed E-state index contributed by atoms with van der Waals surface area (Å²) in [5.74, 6) is 0.926. The Labute approximate surface area is 115 Å². The monoisotopic (exact) mass is 267 g/mol. The van der Waals surface area contributed by atoms with Gasteiger partial charge in [0.05, 0.1) is 31.0 Å². The van der Waals surface area contributed by atoms with Crippen molar-refractivity contribution in [3.8, 4) is 0 Å². The molecule has 1 fully saturated rings.